The van der Waals surface area contributed by atoms with Crippen molar-refractivity contribution in [3.63, 3.8) is 0 Å². The third kappa shape index (κ3) is 3.66. The van der Waals surface area contributed by atoms with E-state index in [9.17, 15) is 13.5 Å². The molecule has 0 aromatic heterocycles. The van der Waals surface area contributed by atoms with E-state index in [0.717, 1.165) is 38.5 Å². The maximum absolute atomic E-state index is 12.0. The summed E-state index contributed by atoms with van der Waals surface area (Å²) in [5, 5.41) is 9.51. The zero-order chi connectivity index (χ0) is 12.5. The smallest absolute Gasteiger partial charge is 0.212 e. The van der Waals surface area contributed by atoms with Crippen LogP contribution < -0.4 is 4.72 Å². The monoisotopic (exact) mass is 261 g/mol. The predicted molar refractivity (Wildman–Crippen MR) is 67.1 cm³/mol. The molecule has 5 heteroatoms. The highest BCUT2D eigenvalue weighted by atomic mass is 32.2. The number of aliphatic hydroxyl groups excluding tert-OH is 1. The first-order valence-electron chi connectivity index (χ1n) is 6.57. The van der Waals surface area contributed by atoms with Crippen molar-refractivity contribution in [1.82, 2.24) is 4.72 Å². The van der Waals surface area contributed by atoms with Crippen LogP contribution in [-0.4, -0.2) is 31.4 Å². The Kier molecular flexibility index (Phi) is 3.80. The van der Waals surface area contributed by atoms with Gasteiger partial charge in [-0.3, -0.25) is 0 Å². The van der Waals surface area contributed by atoms with Crippen molar-refractivity contribution in [2.75, 3.05) is 12.4 Å². The Morgan fingerprint density at radius 3 is 2.29 bits per heavy atom. The molecule has 0 atom stereocenters. The highest BCUT2D eigenvalue weighted by Gasteiger charge is 2.38. The van der Waals surface area contributed by atoms with Gasteiger partial charge in [0, 0.05) is 0 Å². The van der Waals surface area contributed by atoms with Crippen LogP contribution in [0.15, 0.2) is 0 Å². The summed E-state index contributed by atoms with van der Waals surface area (Å²) in [4.78, 5) is 0. The largest absolute Gasteiger partial charge is 0.394 e. The fourth-order valence-corrected chi connectivity index (χ4v) is 4.54. The van der Waals surface area contributed by atoms with Gasteiger partial charge in [-0.05, 0) is 50.4 Å². The van der Waals surface area contributed by atoms with E-state index in [-0.39, 0.29) is 12.4 Å². The lowest BCUT2D eigenvalue weighted by Gasteiger charge is -2.38. The van der Waals surface area contributed by atoms with Crippen LogP contribution in [0.5, 0.6) is 0 Å². The molecule has 0 spiro atoms. The first-order valence-corrected chi connectivity index (χ1v) is 8.22. The van der Waals surface area contributed by atoms with Crippen LogP contribution in [0, 0.1) is 11.8 Å². The lowest BCUT2D eigenvalue weighted by molar-refractivity contribution is 0.125. The van der Waals surface area contributed by atoms with Gasteiger partial charge in [0.05, 0.1) is 17.9 Å². The van der Waals surface area contributed by atoms with E-state index in [4.69, 9.17) is 0 Å². The molecule has 2 rings (SSSR count). The summed E-state index contributed by atoms with van der Waals surface area (Å²) in [6.07, 6.45) is 5.57. The Morgan fingerprint density at radius 1 is 1.24 bits per heavy atom. The highest BCUT2D eigenvalue weighted by molar-refractivity contribution is 7.89. The Morgan fingerprint density at radius 2 is 1.82 bits per heavy atom. The maximum atomic E-state index is 12.0. The summed E-state index contributed by atoms with van der Waals surface area (Å²) in [5.74, 6) is 1.23. The van der Waals surface area contributed by atoms with Gasteiger partial charge in [0.25, 0.3) is 0 Å². The molecule has 2 aliphatic rings. The summed E-state index contributed by atoms with van der Waals surface area (Å²) < 4.78 is 26.7. The molecule has 0 aliphatic heterocycles. The summed E-state index contributed by atoms with van der Waals surface area (Å²) >= 11 is 0. The van der Waals surface area contributed by atoms with Crippen molar-refractivity contribution in [2.24, 2.45) is 11.8 Å². The highest BCUT2D eigenvalue weighted by Crippen LogP contribution is 2.34. The third-order valence-electron chi connectivity index (χ3n) is 4.06. The fraction of sp³-hybridized carbons (Fsp3) is 1.00. The molecule has 2 aliphatic carbocycles. The van der Waals surface area contributed by atoms with Gasteiger partial charge >= 0.3 is 0 Å². The van der Waals surface area contributed by atoms with Crippen molar-refractivity contribution in [2.45, 2.75) is 51.0 Å². The zero-order valence-corrected chi connectivity index (χ0v) is 11.3. The van der Waals surface area contributed by atoms with Crippen molar-refractivity contribution in [1.29, 1.82) is 0 Å². The molecule has 0 aromatic rings. The second-order valence-electron chi connectivity index (χ2n) is 5.95. The molecule has 0 heterocycles. The van der Waals surface area contributed by atoms with Crippen molar-refractivity contribution < 1.29 is 13.5 Å². The number of sulfonamides is 1. The zero-order valence-electron chi connectivity index (χ0n) is 10.5. The van der Waals surface area contributed by atoms with Gasteiger partial charge in [0.2, 0.25) is 10.0 Å². The summed E-state index contributed by atoms with van der Waals surface area (Å²) in [6.45, 7) is 2.10. The van der Waals surface area contributed by atoms with Crippen molar-refractivity contribution in [3.05, 3.63) is 0 Å². The van der Waals surface area contributed by atoms with Gasteiger partial charge in [0.1, 0.15) is 0 Å². The first kappa shape index (κ1) is 13.3. The molecule has 0 radical (unpaired) electrons. The minimum atomic E-state index is -3.22. The second kappa shape index (κ2) is 4.86. The van der Waals surface area contributed by atoms with E-state index in [1.165, 1.54) is 0 Å². The average molecular weight is 261 g/mol. The fourth-order valence-electron chi connectivity index (χ4n) is 2.57. The van der Waals surface area contributed by atoms with Crippen LogP contribution >= 0.6 is 0 Å². The molecule has 2 saturated carbocycles. The number of rotatable bonds is 5. The third-order valence-corrected chi connectivity index (χ3v) is 5.71. The molecule has 0 bridgehead atoms. The SMILES string of the molecule is CC1CCC(CO)(NS(=O)(=O)CC2CC2)CC1. The van der Waals surface area contributed by atoms with E-state index in [1.807, 2.05) is 0 Å². The molecule has 0 unspecified atom stereocenters. The second-order valence-corrected chi connectivity index (χ2v) is 7.71. The van der Waals surface area contributed by atoms with Crippen molar-refractivity contribution >= 4 is 10.0 Å². The number of aliphatic hydroxyl groups is 1. The topological polar surface area (TPSA) is 66.4 Å². The molecule has 0 aromatic carbocycles. The van der Waals surface area contributed by atoms with Gasteiger partial charge in [0.15, 0.2) is 0 Å². The summed E-state index contributed by atoms with van der Waals surface area (Å²) in [5.41, 5.74) is -0.583. The van der Waals surface area contributed by atoms with Gasteiger partial charge in [-0.25, -0.2) is 13.1 Å². The van der Waals surface area contributed by atoms with Crippen LogP contribution in [0.3, 0.4) is 0 Å². The van der Waals surface area contributed by atoms with Crippen LogP contribution in [0.2, 0.25) is 0 Å². The van der Waals surface area contributed by atoms with E-state index in [2.05, 4.69) is 11.6 Å². The minimum absolute atomic E-state index is 0.0797. The minimum Gasteiger partial charge on any atom is -0.394 e. The normalized spacial score (nSPS) is 34.8. The predicted octanol–water partition coefficient (Wildman–Crippen LogP) is 1.26. The quantitative estimate of drug-likeness (QED) is 0.783. The summed E-state index contributed by atoms with van der Waals surface area (Å²) in [6, 6.07) is 0. The van der Waals surface area contributed by atoms with E-state index >= 15 is 0 Å². The van der Waals surface area contributed by atoms with Gasteiger partial charge in [-0.2, -0.15) is 0 Å². The van der Waals surface area contributed by atoms with Crippen LogP contribution in [0.4, 0.5) is 0 Å². The Labute approximate surface area is 104 Å². The molecular formula is C12H23NO3S. The Hall–Kier alpha value is -0.130. The summed E-state index contributed by atoms with van der Waals surface area (Å²) in [7, 11) is -3.22. The molecule has 0 amide bonds. The number of nitrogens with one attached hydrogen (secondary N) is 1. The van der Waals surface area contributed by atoms with Gasteiger partial charge in [-0.15, -0.1) is 0 Å². The number of hydrogen-bond acceptors (Lipinski definition) is 3. The van der Waals surface area contributed by atoms with E-state index in [1.54, 1.807) is 0 Å². The molecule has 2 fully saturated rings. The number of hydrogen-bond donors (Lipinski definition) is 2. The molecule has 4 nitrogen and oxygen atoms in total. The molecule has 17 heavy (non-hydrogen) atoms. The lowest BCUT2D eigenvalue weighted by Crippen LogP contribution is -2.53. The molecule has 2 N–H and O–H groups in total. The molecule has 0 saturated heterocycles. The average Bonchev–Trinajstić information content (AvgIpc) is 3.04. The van der Waals surface area contributed by atoms with Gasteiger partial charge < -0.3 is 5.11 Å². The van der Waals surface area contributed by atoms with Crippen molar-refractivity contribution in [3.8, 4) is 0 Å². The van der Waals surface area contributed by atoms with Crippen LogP contribution in [0.1, 0.15) is 45.4 Å². The standard InChI is InChI=1S/C12H23NO3S/c1-10-4-6-12(9-14,7-5-10)13-17(15,16)8-11-2-3-11/h10-11,13-14H,2-9H2,1H3. The van der Waals surface area contributed by atoms with E-state index in [0.29, 0.717) is 11.8 Å². The Balaban J connectivity index is 1.98. The maximum Gasteiger partial charge on any atom is 0.212 e. The molecule has 100 valence electrons. The van der Waals surface area contributed by atoms with E-state index < -0.39 is 15.6 Å². The van der Waals surface area contributed by atoms with Crippen LogP contribution in [-0.2, 0) is 10.0 Å². The van der Waals surface area contributed by atoms with Crippen LogP contribution in [0.25, 0.3) is 0 Å². The lowest BCUT2D eigenvalue weighted by atomic mass is 9.78. The first-order chi connectivity index (χ1) is 7.95. The Bertz CT molecular complexity index is 354. The molecular weight excluding hydrogens is 238 g/mol. The van der Waals surface area contributed by atoms with Gasteiger partial charge in [-0.1, -0.05) is 6.92 Å².